The van der Waals surface area contributed by atoms with Crippen molar-refractivity contribution in [1.29, 1.82) is 0 Å². The fraction of sp³-hybridized carbons (Fsp3) is 0. The predicted octanol–water partition coefficient (Wildman–Crippen LogP) is 3.25. The van der Waals surface area contributed by atoms with Gasteiger partial charge in [0.2, 0.25) is 0 Å². The molecule has 0 radical (unpaired) electrons. The molecule has 0 saturated heterocycles. The van der Waals surface area contributed by atoms with Gasteiger partial charge in [0.15, 0.2) is 0 Å². The standard InChI is InChI=1S/C11H7IO3/c12-7-3-4-8(9(6-7)11(13)14)10-2-1-5-15-10/h1-6H,(H,13,14). The van der Waals surface area contributed by atoms with E-state index in [0.717, 1.165) is 3.57 Å². The molecule has 2 aromatic rings. The van der Waals surface area contributed by atoms with Crippen molar-refractivity contribution >= 4 is 28.6 Å². The Kier molecular flexibility index (Phi) is 2.77. The van der Waals surface area contributed by atoms with Crippen molar-refractivity contribution in [2.75, 3.05) is 0 Å². The first kappa shape index (κ1) is 10.2. The van der Waals surface area contributed by atoms with Gasteiger partial charge in [-0.2, -0.15) is 0 Å². The molecule has 1 N–H and O–H groups in total. The van der Waals surface area contributed by atoms with E-state index in [9.17, 15) is 4.79 Å². The van der Waals surface area contributed by atoms with Crippen LogP contribution in [0.3, 0.4) is 0 Å². The van der Waals surface area contributed by atoms with Crippen LogP contribution in [0.4, 0.5) is 0 Å². The largest absolute Gasteiger partial charge is 0.478 e. The number of furan rings is 1. The lowest BCUT2D eigenvalue weighted by molar-refractivity contribution is 0.0697. The number of aromatic carboxylic acids is 1. The molecule has 76 valence electrons. The van der Waals surface area contributed by atoms with E-state index in [2.05, 4.69) is 22.6 Å². The third-order valence-corrected chi connectivity index (χ3v) is 2.67. The highest BCUT2D eigenvalue weighted by molar-refractivity contribution is 14.1. The lowest BCUT2D eigenvalue weighted by atomic mass is 10.1. The first-order chi connectivity index (χ1) is 7.18. The Bertz CT molecular complexity index is 489. The molecule has 2 rings (SSSR count). The second-order valence-corrected chi connectivity index (χ2v) is 4.22. The molecule has 0 aliphatic carbocycles. The maximum absolute atomic E-state index is 11.0. The van der Waals surface area contributed by atoms with Crippen LogP contribution in [0.2, 0.25) is 0 Å². The third kappa shape index (κ3) is 2.04. The zero-order valence-electron chi connectivity index (χ0n) is 7.61. The molecule has 3 nitrogen and oxygen atoms in total. The quantitative estimate of drug-likeness (QED) is 0.866. The Balaban J connectivity index is 2.61. The van der Waals surface area contributed by atoms with Crippen molar-refractivity contribution in [2.24, 2.45) is 0 Å². The van der Waals surface area contributed by atoms with Crippen LogP contribution in [-0.4, -0.2) is 11.1 Å². The van der Waals surface area contributed by atoms with Crippen LogP contribution in [0.15, 0.2) is 41.0 Å². The first-order valence-electron chi connectivity index (χ1n) is 4.25. The fourth-order valence-electron chi connectivity index (χ4n) is 1.34. The summed E-state index contributed by atoms with van der Waals surface area (Å²) in [4.78, 5) is 11.0. The summed E-state index contributed by atoms with van der Waals surface area (Å²) < 4.78 is 6.07. The molecule has 0 atom stereocenters. The van der Waals surface area contributed by atoms with Crippen molar-refractivity contribution in [1.82, 2.24) is 0 Å². The molecule has 0 fully saturated rings. The molecule has 0 spiro atoms. The second kappa shape index (κ2) is 4.06. The number of hydrogen-bond acceptors (Lipinski definition) is 2. The summed E-state index contributed by atoms with van der Waals surface area (Å²) in [7, 11) is 0. The average Bonchev–Trinajstić information content (AvgIpc) is 2.70. The minimum Gasteiger partial charge on any atom is -0.478 e. The Labute approximate surface area is 99.9 Å². The van der Waals surface area contributed by atoms with Crippen molar-refractivity contribution < 1.29 is 14.3 Å². The number of rotatable bonds is 2. The van der Waals surface area contributed by atoms with Gasteiger partial charge >= 0.3 is 5.97 Å². The van der Waals surface area contributed by atoms with Crippen LogP contribution in [0.1, 0.15) is 10.4 Å². The van der Waals surface area contributed by atoms with E-state index < -0.39 is 5.97 Å². The molecule has 0 aliphatic rings. The number of benzene rings is 1. The second-order valence-electron chi connectivity index (χ2n) is 2.97. The van der Waals surface area contributed by atoms with E-state index in [1.54, 1.807) is 24.3 Å². The number of hydrogen-bond donors (Lipinski definition) is 1. The van der Waals surface area contributed by atoms with Crippen LogP contribution >= 0.6 is 22.6 Å². The summed E-state index contributed by atoms with van der Waals surface area (Å²) in [5.74, 6) is -0.372. The summed E-state index contributed by atoms with van der Waals surface area (Å²) in [5.41, 5.74) is 0.866. The third-order valence-electron chi connectivity index (χ3n) is 2.00. The van der Waals surface area contributed by atoms with Gasteiger partial charge in [0.25, 0.3) is 0 Å². The van der Waals surface area contributed by atoms with E-state index in [1.807, 2.05) is 6.07 Å². The van der Waals surface area contributed by atoms with Gasteiger partial charge in [-0.05, 0) is 52.9 Å². The maximum atomic E-state index is 11.0. The summed E-state index contributed by atoms with van der Waals surface area (Å²) in [6.45, 7) is 0. The Morgan fingerprint density at radius 3 is 2.73 bits per heavy atom. The van der Waals surface area contributed by atoms with Crippen molar-refractivity contribution in [3.8, 4) is 11.3 Å². The lowest BCUT2D eigenvalue weighted by Gasteiger charge is -2.03. The van der Waals surface area contributed by atoms with E-state index >= 15 is 0 Å². The monoisotopic (exact) mass is 314 g/mol. The molecule has 0 bridgehead atoms. The van der Waals surface area contributed by atoms with Crippen LogP contribution in [0, 0.1) is 3.57 Å². The van der Waals surface area contributed by atoms with Gasteiger partial charge in [-0.3, -0.25) is 0 Å². The predicted molar refractivity (Wildman–Crippen MR) is 63.8 cm³/mol. The van der Waals surface area contributed by atoms with Crippen molar-refractivity contribution in [3.63, 3.8) is 0 Å². The molecule has 15 heavy (non-hydrogen) atoms. The van der Waals surface area contributed by atoms with Crippen LogP contribution in [0.25, 0.3) is 11.3 Å². The van der Waals surface area contributed by atoms with Gasteiger partial charge < -0.3 is 9.52 Å². The van der Waals surface area contributed by atoms with Gasteiger partial charge in [0.1, 0.15) is 5.76 Å². The zero-order chi connectivity index (χ0) is 10.8. The Morgan fingerprint density at radius 1 is 1.33 bits per heavy atom. The summed E-state index contributed by atoms with van der Waals surface area (Å²) in [6.07, 6.45) is 1.53. The van der Waals surface area contributed by atoms with E-state index in [4.69, 9.17) is 9.52 Å². The van der Waals surface area contributed by atoms with Crippen LogP contribution in [0.5, 0.6) is 0 Å². The summed E-state index contributed by atoms with van der Waals surface area (Å²) in [5, 5.41) is 9.04. The first-order valence-corrected chi connectivity index (χ1v) is 5.33. The average molecular weight is 314 g/mol. The van der Waals surface area contributed by atoms with Crippen LogP contribution in [-0.2, 0) is 0 Å². The van der Waals surface area contributed by atoms with Gasteiger partial charge in [-0.1, -0.05) is 0 Å². The van der Waals surface area contributed by atoms with Gasteiger partial charge in [-0.15, -0.1) is 0 Å². The molecule has 1 aromatic heterocycles. The molecular formula is C11H7IO3. The van der Waals surface area contributed by atoms with Crippen molar-refractivity contribution in [3.05, 3.63) is 45.7 Å². The minimum atomic E-state index is -0.945. The molecule has 1 heterocycles. The normalized spacial score (nSPS) is 10.2. The molecular weight excluding hydrogens is 307 g/mol. The molecule has 1 aromatic carbocycles. The number of carboxylic acid groups (broad SMARTS) is 1. The Hall–Kier alpha value is -1.30. The highest BCUT2D eigenvalue weighted by Crippen LogP contribution is 2.25. The van der Waals surface area contributed by atoms with E-state index in [-0.39, 0.29) is 5.56 Å². The lowest BCUT2D eigenvalue weighted by Crippen LogP contribution is -1.99. The molecule has 0 aliphatic heterocycles. The topological polar surface area (TPSA) is 50.4 Å². The Morgan fingerprint density at radius 2 is 2.13 bits per heavy atom. The zero-order valence-corrected chi connectivity index (χ0v) is 9.76. The number of carbonyl (C=O) groups is 1. The summed E-state index contributed by atoms with van der Waals surface area (Å²) >= 11 is 2.08. The smallest absolute Gasteiger partial charge is 0.336 e. The SMILES string of the molecule is O=C(O)c1cc(I)ccc1-c1ccco1. The van der Waals surface area contributed by atoms with E-state index in [0.29, 0.717) is 11.3 Å². The highest BCUT2D eigenvalue weighted by atomic mass is 127. The molecule has 0 unspecified atom stereocenters. The fourth-order valence-corrected chi connectivity index (χ4v) is 1.83. The van der Waals surface area contributed by atoms with Gasteiger partial charge in [0, 0.05) is 9.13 Å². The number of halogens is 1. The maximum Gasteiger partial charge on any atom is 0.336 e. The van der Waals surface area contributed by atoms with Gasteiger partial charge in [-0.25, -0.2) is 4.79 Å². The van der Waals surface area contributed by atoms with Crippen molar-refractivity contribution in [2.45, 2.75) is 0 Å². The van der Waals surface area contributed by atoms with Gasteiger partial charge in [0.05, 0.1) is 11.8 Å². The van der Waals surface area contributed by atoms with Crippen LogP contribution < -0.4 is 0 Å². The minimum absolute atomic E-state index is 0.261. The highest BCUT2D eigenvalue weighted by Gasteiger charge is 2.13. The molecule has 4 heteroatoms. The molecule has 0 saturated carbocycles. The molecule has 0 amide bonds. The number of carboxylic acids is 1. The van der Waals surface area contributed by atoms with E-state index in [1.165, 1.54) is 6.26 Å². The summed E-state index contributed by atoms with van der Waals surface area (Å²) in [6, 6.07) is 8.71.